The molecule has 3 aromatic rings. The van der Waals surface area contributed by atoms with Gasteiger partial charge in [0.05, 0.1) is 5.56 Å². The molecule has 0 bridgehead atoms. The molecule has 0 aliphatic heterocycles. The number of carbonyl (C=O) groups is 2. The maximum absolute atomic E-state index is 12.3. The van der Waals surface area contributed by atoms with E-state index in [0.29, 0.717) is 26.9 Å². The van der Waals surface area contributed by atoms with E-state index in [2.05, 4.69) is 0 Å². The smallest absolute Gasteiger partial charge is 0.338 e. The summed E-state index contributed by atoms with van der Waals surface area (Å²) in [5.74, 6) is -0.351. The summed E-state index contributed by atoms with van der Waals surface area (Å²) in [6.45, 7) is 1.35. The first kappa shape index (κ1) is 19.9. The van der Waals surface area contributed by atoms with Crippen LogP contribution in [0.25, 0.3) is 11.1 Å². The van der Waals surface area contributed by atoms with E-state index >= 15 is 0 Å². The SMILES string of the molecule is CC(=O)Oc1ccc(-c2ccc(C(=O)OCc3c(Cl)cccc3Cl)cc2)cc1. The van der Waals surface area contributed by atoms with Crippen molar-refractivity contribution in [2.45, 2.75) is 13.5 Å². The van der Waals surface area contributed by atoms with Gasteiger partial charge in [-0.1, -0.05) is 53.5 Å². The van der Waals surface area contributed by atoms with Crippen molar-refractivity contribution < 1.29 is 19.1 Å². The molecular weight excluding hydrogens is 399 g/mol. The molecule has 0 N–H and O–H groups in total. The molecule has 3 rings (SSSR count). The first-order valence-corrected chi connectivity index (χ1v) is 9.18. The fraction of sp³-hybridized carbons (Fsp3) is 0.0909. The number of benzene rings is 3. The van der Waals surface area contributed by atoms with Crippen LogP contribution in [0.2, 0.25) is 10.0 Å². The van der Waals surface area contributed by atoms with Crippen LogP contribution in [0, 0.1) is 0 Å². The van der Waals surface area contributed by atoms with Gasteiger partial charge in [-0.3, -0.25) is 4.79 Å². The zero-order valence-electron chi connectivity index (χ0n) is 14.9. The number of esters is 2. The average molecular weight is 415 g/mol. The van der Waals surface area contributed by atoms with Gasteiger partial charge in [-0.2, -0.15) is 0 Å². The molecule has 0 aliphatic carbocycles. The van der Waals surface area contributed by atoms with Gasteiger partial charge in [-0.05, 0) is 47.5 Å². The van der Waals surface area contributed by atoms with Gasteiger partial charge >= 0.3 is 11.9 Å². The first-order chi connectivity index (χ1) is 13.4. The largest absolute Gasteiger partial charge is 0.457 e. The predicted molar refractivity (Wildman–Crippen MR) is 109 cm³/mol. The van der Waals surface area contributed by atoms with E-state index in [1.165, 1.54) is 6.92 Å². The Balaban J connectivity index is 1.66. The van der Waals surface area contributed by atoms with Crippen LogP contribution in [-0.4, -0.2) is 11.9 Å². The molecule has 3 aromatic carbocycles. The monoisotopic (exact) mass is 414 g/mol. The molecule has 0 saturated heterocycles. The maximum Gasteiger partial charge on any atom is 0.338 e. The third kappa shape index (κ3) is 4.91. The quantitative estimate of drug-likeness (QED) is 0.382. The molecule has 0 radical (unpaired) electrons. The van der Waals surface area contributed by atoms with Crippen LogP contribution in [0.3, 0.4) is 0 Å². The topological polar surface area (TPSA) is 52.6 Å². The van der Waals surface area contributed by atoms with Crippen molar-refractivity contribution in [3.63, 3.8) is 0 Å². The van der Waals surface area contributed by atoms with Gasteiger partial charge in [0.25, 0.3) is 0 Å². The van der Waals surface area contributed by atoms with Crippen molar-refractivity contribution in [1.82, 2.24) is 0 Å². The number of halogens is 2. The predicted octanol–water partition coefficient (Wildman–Crippen LogP) is 5.94. The summed E-state index contributed by atoms with van der Waals surface area (Å²) >= 11 is 12.2. The Kier molecular flexibility index (Phi) is 6.34. The van der Waals surface area contributed by atoms with Crippen LogP contribution < -0.4 is 4.74 Å². The third-order valence-electron chi connectivity index (χ3n) is 3.98. The second-order valence-electron chi connectivity index (χ2n) is 5.97. The van der Waals surface area contributed by atoms with Crippen LogP contribution >= 0.6 is 23.2 Å². The van der Waals surface area contributed by atoms with Crippen molar-refractivity contribution in [1.29, 1.82) is 0 Å². The fourth-order valence-electron chi connectivity index (χ4n) is 2.57. The number of rotatable bonds is 5. The molecule has 0 amide bonds. The van der Waals surface area contributed by atoms with Crippen molar-refractivity contribution in [3.8, 4) is 16.9 Å². The van der Waals surface area contributed by atoms with Gasteiger partial charge in [0.1, 0.15) is 12.4 Å². The van der Waals surface area contributed by atoms with Gasteiger partial charge < -0.3 is 9.47 Å². The third-order valence-corrected chi connectivity index (χ3v) is 4.69. The van der Waals surface area contributed by atoms with Gasteiger partial charge in [-0.25, -0.2) is 4.79 Å². The highest BCUT2D eigenvalue weighted by Gasteiger charge is 2.11. The number of hydrogen-bond donors (Lipinski definition) is 0. The zero-order valence-corrected chi connectivity index (χ0v) is 16.5. The summed E-state index contributed by atoms with van der Waals surface area (Å²) in [5, 5.41) is 0.903. The molecule has 0 atom stereocenters. The molecular formula is C22H16Cl2O4. The number of hydrogen-bond acceptors (Lipinski definition) is 4. The lowest BCUT2D eigenvalue weighted by Crippen LogP contribution is -2.05. The number of ether oxygens (including phenoxy) is 2. The van der Waals surface area contributed by atoms with Crippen LogP contribution in [0.4, 0.5) is 0 Å². The summed E-state index contributed by atoms with van der Waals surface area (Å²) in [5.41, 5.74) is 2.84. The molecule has 0 heterocycles. The van der Waals surface area contributed by atoms with Crippen molar-refractivity contribution in [2.24, 2.45) is 0 Å². The van der Waals surface area contributed by atoms with Crippen molar-refractivity contribution in [2.75, 3.05) is 0 Å². The molecule has 142 valence electrons. The second kappa shape index (κ2) is 8.91. The standard InChI is InChI=1S/C22H16Cl2O4/c1-14(25)28-18-11-9-16(10-12-18)15-5-7-17(8-6-15)22(26)27-13-19-20(23)3-2-4-21(19)24/h2-12H,13H2,1H3. The van der Waals surface area contributed by atoms with E-state index in [9.17, 15) is 9.59 Å². The minimum Gasteiger partial charge on any atom is -0.457 e. The van der Waals surface area contributed by atoms with E-state index in [1.807, 2.05) is 24.3 Å². The summed E-state index contributed by atoms with van der Waals surface area (Å²) in [6, 6.07) is 19.2. The molecule has 0 aromatic heterocycles. The molecule has 0 saturated carbocycles. The lowest BCUT2D eigenvalue weighted by Gasteiger charge is -2.09. The van der Waals surface area contributed by atoms with Crippen LogP contribution in [0.1, 0.15) is 22.8 Å². The Bertz CT molecular complexity index is 976. The Labute approximate surface area is 172 Å². The number of carbonyl (C=O) groups excluding carboxylic acids is 2. The molecule has 6 heteroatoms. The molecule has 4 nitrogen and oxygen atoms in total. The molecule has 0 fully saturated rings. The van der Waals surface area contributed by atoms with Gasteiger partial charge in [0, 0.05) is 22.5 Å². The van der Waals surface area contributed by atoms with Crippen LogP contribution in [0.15, 0.2) is 66.7 Å². The van der Waals surface area contributed by atoms with Gasteiger partial charge in [0.15, 0.2) is 0 Å². The fourth-order valence-corrected chi connectivity index (χ4v) is 3.08. The van der Waals surface area contributed by atoms with Crippen molar-refractivity contribution in [3.05, 3.63) is 87.9 Å². The minimum absolute atomic E-state index is 0.00327. The maximum atomic E-state index is 12.3. The van der Waals surface area contributed by atoms with Gasteiger partial charge in [0.2, 0.25) is 0 Å². The summed E-state index contributed by atoms with van der Waals surface area (Å²) in [4.78, 5) is 23.2. The molecule has 28 heavy (non-hydrogen) atoms. The van der Waals surface area contributed by atoms with E-state index in [0.717, 1.165) is 11.1 Å². The van der Waals surface area contributed by atoms with Crippen LogP contribution in [0.5, 0.6) is 5.75 Å². The van der Waals surface area contributed by atoms with E-state index in [-0.39, 0.29) is 12.6 Å². The zero-order chi connectivity index (χ0) is 20.1. The minimum atomic E-state index is -0.465. The lowest BCUT2D eigenvalue weighted by atomic mass is 10.0. The van der Waals surface area contributed by atoms with Crippen LogP contribution in [-0.2, 0) is 16.1 Å². The molecule has 0 aliphatic rings. The summed E-state index contributed by atoms with van der Waals surface area (Å²) in [6.07, 6.45) is 0. The Morgan fingerprint density at radius 3 is 1.89 bits per heavy atom. The highest BCUT2D eigenvalue weighted by Crippen LogP contribution is 2.26. The highest BCUT2D eigenvalue weighted by atomic mass is 35.5. The Morgan fingerprint density at radius 1 is 0.821 bits per heavy atom. The molecule has 0 unspecified atom stereocenters. The van der Waals surface area contributed by atoms with E-state index in [1.54, 1.807) is 42.5 Å². The normalized spacial score (nSPS) is 10.4. The Morgan fingerprint density at radius 2 is 1.36 bits per heavy atom. The van der Waals surface area contributed by atoms with Gasteiger partial charge in [-0.15, -0.1) is 0 Å². The summed E-state index contributed by atoms with van der Waals surface area (Å²) < 4.78 is 10.3. The van der Waals surface area contributed by atoms with E-state index < -0.39 is 5.97 Å². The average Bonchev–Trinajstić information content (AvgIpc) is 2.68. The first-order valence-electron chi connectivity index (χ1n) is 8.43. The molecule has 0 spiro atoms. The Hall–Kier alpha value is -2.82. The highest BCUT2D eigenvalue weighted by molar-refractivity contribution is 6.35. The van der Waals surface area contributed by atoms with Crippen molar-refractivity contribution >= 4 is 35.1 Å². The summed E-state index contributed by atoms with van der Waals surface area (Å²) in [7, 11) is 0. The van der Waals surface area contributed by atoms with E-state index in [4.69, 9.17) is 32.7 Å². The second-order valence-corrected chi connectivity index (χ2v) is 6.79. The lowest BCUT2D eigenvalue weighted by molar-refractivity contribution is -0.131.